The molecule has 0 bridgehead atoms. The summed E-state index contributed by atoms with van der Waals surface area (Å²) in [5, 5.41) is 3.48. The maximum absolute atomic E-state index is 5.81. The molecule has 0 saturated carbocycles. The summed E-state index contributed by atoms with van der Waals surface area (Å²) in [5.41, 5.74) is 2.45. The molecule has 0 amide bonds. The van der Waals surface area contributed by atoms with Gasteiger partial charge in [0, 0.05) is 24.1 Å². The second-order valence-electron chi connectivity index (χ2n) is 5.29. The lowest BCUT2D eigenvalue weighted by Crippen LogP contribution is -2.15. The molecule has 1 heterocycles. The van der Waals surface area contributed by atoms with Gasteiger partial charge in [0.05, 0.1) is 7.11 Å². The number of nitrogens with one attached hydrogen (secondary N) is 1. The molecule has 1 aliphatic rings. The molecule has 0 aromatic heterocycles. The second-order valence-corrected chi connectivity index (χ2v) is 5.29. The van der Waals surface area contributed by atoms with Crippen LogP contribution < -0.4 is 14.8 Å². The average Bonchev–Trinajstić information content (AvgIpc) is 2.76. The van der Waals surface area contributed by atoms with Gasteiger partial charge >= 0.3 is 0 Å². The highest BCUT2D eigenvalue weighted by molar-refractivity contribution is 5.48. The first kappa shape index (κ1) is 14.2. The van der Waals surface area contributed by atoms with Crippen molar-refractivity contribution in [1.29, 1.82) is 0 Å². The summed E-state index contributed by atoms with van der Waals surface area (Å²) in [7, 11) is 1.74. The van der Waals surface area contributed by atoms with Crippen molar-refractivity contribution in [1.82, 2.24) is 5.32 Å². The van der Waals surface area contributed by atoms with E-state index < -0.39 is 0 Å². The van der Waals surface area contributed by atoms with E-state index in [0.29, 0.717) is 0 Å². The standard InChI is InChI=1S/C16H25NO2/c1-4-5-6-7-17-11-14-10-16-13(8-12(2)19-16)9-15(14)18-3/h9-10,12,17H,4-8,11H2,1-3H3. The number of ether oxygens (including phenoxy) is 2. The van der Waals surface area contributed by atoms with Crippen LogP contribution in [0, 0.1) is 0 Å². The highest BCUT2D eigenvalue weighted by atomic mass is 16.5. The van der Waals surface area contributed by atoms with Gasteiger partial charge in [0.2, 0.25) is 0 Å². The Morgan fingerprint density at radius 2 is 2.21 bits per heavy atom. The molecular weight excluding hydrogens is 238 g/mol. The van der Waals surface area contributed by atoms with E-state index in [1.165, 1.54) is 30.4 Å². The van der Waals surface area contributed by atoms with Crippen LogP contribution in [0.2, 0.25) is 0 Å². The van der Waals surface area contributed by atoms with Crippen LogP contribution in [0.1, 0.15) is 44.2 Å². The quantitative estimate of drug-likeness (QED) is 0.766. The highest BCUT2D eigenvalue weighted by Crippen LogP contribution is 2.34. The number of hydrogen-bond acceptors (Lipinski definition) is 3. The fraction of sp³-hybridized carbons (Fsp3) is 0.625. The first-order chi connectivity index (χ1) is 9.24. The normalized spacial score (nSPS) is 17.1. The minimum absolute atomic E-state index is 0.285. The van der Waals surface area contributed by atoms with Gasteiger partial charge in [0.15, 0.2) is 0 Å². The van der Waals surface area contributed by atoms with Gasteiger partial charge in [0.1, 0.15) is 17.6 Å². The molecule has 0 saturated heterocycles. The van der Waals surface area contributed by atoms with Gasteiger partial charge in [-0.15, -0.1) is 0 Å². The third-order valence-electron chi connectivity index (χ3n) is 3.57. The smallest absolute Gasteiger partial charge is 0.123 e. The Labute approximate surface area is 116 Å². The zero-order chi connectivity index (χ0) is 13.7. The van der Waals surface area contributed by atoms with Crippen LogP contribution in [0.5, 0.6) is 11.5 Å². The van der Waals surface area contributed by atoms with Gasteiger partial charge in [0.25, 0.3) is 0 Å². The minimum atomic E-state index is 0.285. The molecule has 1 N–H and O–H groups in total. The molecule has 3 nitrogen and oxygen atoms in total. The van der Waals surface area contributed by atoms with E-state index in [9.17, 15) is 0 Å². The summed E-state index contributed by atoms with van der Waals surface area (Å²) in [4.78, 5) is 0. The van der Waals surface area contributed by atoms with Crippen molar-refractivity contribution in [3.63, 3.8) is 0 Å². The van der Waals surface area contributed by atoms with Crippen molar-refractivity contribution in [3.8, 4) is 11.5 Å². The van der Waals surface area contributed by atoms with Crippen molar-refractivity contribution in [2.75, 3.05) is 13.7 Å². The topological polar surface area (TPSA) is 30.5 Å². The van der Waals surface area contributed by atoms with Gasteiger partial charge in [-0.25, -0.2) is 0 Å². The van der Waals surface area contributed by atoms with Crippen LogP contribution in [0.4, 0.5) is 0 Å². The van der Waals surface area contributed by atoms with Crippen molar-refractivity contribution < 1.29 is 9.47 Å². The second kappa shape index (κ2) is 6.80. The zero-order valence-electron chi connectivity index (χ0n) is 12.3. The molecule has 0 spiro atoms. The SMILES string of the molecule is CCCCCNCc1cc2c(cc1OC)CC(C)O2. The molecule has 1 aliphatic heterocycles. The monoisotopic (exact) mass is 263 g/mol. The van der Waals surface area contributed by atoms with Gasteiger partial charge in [-0.1, -0.05) is 19.8 Å². The van der Waals surface area contributed by atoms with Crippen LogP contribution in [0.15, 0.2) is 12.1 Å². The molecule has 0 fully saturated rings. The third-order valence-corrected chi connectivity index (χ3v) is 3.57. The number of methoxy groups -OCH3 is 1. The van der Waals surface area contributed by atoms with E-state index in [1.807, 2.05) is 0 Å². The number of hydrogen-bond donors (Lipinski definition) is 1. The molecule has 1 unspecified atom stereocenters. The van der Waals surface area contributed by atoms with Crippen molar-refractivity contribution >= 4 is 0 Å². The van der Waals surface area contributed by atoms with Gasteiger partial charge < -0.3 is 14.8 Å². The summed E-state index contributed by atoms with van der Waals surface area (Å²) in [6.07, 6.45) is 5.05. The summed E-state index contributed by atoms with van der Waals surface area (Å²) < 4.78 is 11.3. The van der Waals surface area contributed by atoms with Crippen molar-refractivity contribution in [2.24, 2.45) is 0 Å². The Hall–Kier alpha value is -1.22. The van der Waals surface area contributed by atoms with Crippen LogP contribution >= 0.6 is 0 Å². The van der Waals surface area contributed by atoms with Gasteiger partial charge in [-0.2, -0.15) is 0 Å². The molecule has 2 rings (SSSR count). The van der Waals surface area contributed by atoms with E-state index in [1.54, 1.807) is 7.11 Å². The summed E-state index contributed by atoms with van der Waals surface area (Å²) in [6, 6.07) is 4.26. The number of rotatable bonds is 7. The third kappa shape index (κ3) is 3.63. The number of unbranched alkanes of at least 4 members (excludes halogenated alkanes) is 2. The van der Waals surface area contributed by atoms with Gasteiger partial charge in [-0.3, -0.25) is 0 Å². The van der Waals surface area contributed by atoms with Gasteiger partial charge in [-0.05, 0) is 32.0 Å². The minimum Gasteiger partial charge on any atom is -0.496 e. The van der Waals surface area contributed by atoms with E-state index in [2.05, 4.69) is 31.3 Å². The lowest BCUT2D eigenvalue weighted by Gasteiger charge is -2.12. The molecule has 1 aromatic carbocycles. The Morgan fingerprint density at radius 3 is 2.95 bits per heavy atom. The van der Waals surface area contributed by atoms with Crippen LogP contribution in [0.25, 0.3) is 0 Å². The maximum atomic E-state index is 5.81. The first-order valence-corrected chi connectivity index (χ1v) is 7.31. The lowest BCUT2D eigenvalue weighted by molar-refractivity contribution is 0.254. The Bertz CT molecular complexity index is 417. The Balaban J connectivity index is 1.98. The molecule has 19 heavy (non-hydrogen) atoms. The lowest BCUT2D eigenvalue weighted by atomic mass is 10.1. The van der Waals surface area contributed by atoms with E-state index in [-0.39, 0.29) is 6.10 Å². The van der Waals surface area contributed by atoms with E-state index in [0.717, 1.165) is 31.0 Å². The molecule has 3 heteroatoms. The fourth-order valence-corrected chi connectivity index (χ4v) is 2.53. The highest BCUT2D eigenvalue weighted by Gasteiger charge is 2.21. The Morgan fingerprint density at radius 1 is 1.37 bits per heavy atom. The van der Waals surface area contributed by atoms with Crippen LogP contribution in [0.3, 0.4) is 0 Å². The van der Waals surface area contributed by atoms with E-state index >= 15 is 0 Å². The number of fused-ring (bicyclic) bond motifs is 1. The fourth-order valence-electron chi connectivity index (χ4n) is 2.53. The van der Waals surface area contributed by atoms with Crippen molar-refractivity contribution in [2.45, 2.75) is 52.2 Å². The summed E-state index contributed by atoms with van der Waals surface area (Å²) in [6.45, 7) is 6.24. The number of benzene rings is 1. The van der Waals surface area contributed by atoms with E-state index in [4.69, 9.17) is 9.47 Å². The summed E-state index contributed by atoms with van der Waals surface area (Å²) >= 11 is 0. The Kier molecular flexibility index (Phi) is 5.08. The summed E-state index contributed by atoms with van der Waals surface area (Å²) in [5.74, 6) is 2.00. The zero-order valence-corrected chi connectivity index (χ0v) is 12.3. The molecule has 106 valence electrons. The maximum Gasteiger partial charge on any atom is 0.123 e. The average molecular weight is 263 g/mol. The van der Waals surface area contributed by atoms with Crippen LogP contribution in [-0.2, 0) is 13.0 Å². The molecular formula is C16H25NO2. The molecule has 0 radical (unpaired) electrons. The van der Waals surface area contributed by atoms with Crippen LogP contribution in [-0.4, -0.2) is 19.8 Å². The molecule has 1 aromatic rings. The predicted octanol–water partition coefficient (Wildman–Crippen LogP) is 3.30. The molecule has 0 aliphatic carbocycles. The van der Waals surface area contributed by atoms with Crippen molar-refractivity contribution in [3.05, 3.63) is 23.3 Å². The molecule has 1 atom stereocenters. The largest absolute Gasteiger partial charge is 0.496 e. The first-order valence-electron chi connectivity index (χ1n) is 7.31. The predicted molar refractivity (Wildman–Crippen MR) is 78.0 cm³/mol.